The number of carbonyl (C=O) groups is 1. The van der Waals surface area contributed by atoms with Crippen LogP contribution in [0.5, 0.6) is 0 Å². The van der Waals surface area contributed by atoms with Gasteiger partial charge in [0.2, 0.25) is 0 Å². The van der Waals surface area contributed by atoms with Gasteiger partial charge in [-0.3, -0.25) is 4.79 Å². The Balaban J connectivity index is 3.44. The zero-order valence-electron chi connectivity index (χ0n) is 12.5. The van der Waals surface area contributed by atoms with Gasteiger partial charge in [-0.1, -0.05) is 55.9 Å². The van der Waals surface area contributed by atoms with E-state index < -0.39 is 12.1 Å². The minimum absolute atomic E-state index is 0.283. The Morgan fingerprint density at radius 1 is 1.10 bits per heavy atom. The molecule has 0 radical (unpaired) electrons. The summed E-state index contributed by atoms with van der Waals surface area (Å²) in [6.45, 7) is 3.41. The minimum Gasteiger partial charge on any atom is -0.481 e. The number of rotatable bonds is 10. The predicted molar refractivity (Wildman–Crippen MR) is 85.5 cm³/mol. The number of carboxylic acids is 1. The van der Waals surface area contributed by atoms with Gasteiger partial charge >= 0.3 is 5.97 Å². The Morgan fingerprint density at radius 2 is 1.81 bits per heavy atom. The molecule has 114 valence electrons. The van der Waals surface area contributed by atoms with Gasteiger partial charge in [0, 0.05) is 12.8 Å². The zero-order valence-corrected chi connectivity index (χ0v) is 12.5. The van der Waals surface area contributed by atoms with E-state index in [0.717, 1.165) is 38.5 Å². The summed E-state index contributed by atoms with van der Waals surface area (Å²) in [5, 5.41) is 17.5. The number of carboxylic acid groups (broad SMARTS) is 1. The topological polar surface area (TPSA) is 57.5 Å². The van der Waals surface area contributed by atoms with Crippen LogP contribution in [0.25, 0.3) is 0 Å². The van der Waals surface area contributed by atoms with Crippen LogP contribution in [0.15, 0.2) is 24.8 Å². The van der Waals surface area contributed by atoms with E-state index in [0.29, 0.717) is 6.42 Å². The molecule has 0 heterocycles. The van der Waals surface area contributed by atoms with Crippen molar-refractivity contribution in [2.45, 2.75) is 57.5 Å². The van der Waals surface area contributed by atoms with Gasteiger partial charge in [0.15, 0.2) is 0 Å². The highest BCUT2D eigenvalue weighted by Gasteiger charge is 1.95. The van der Waals surface area contributed by atoms with Crippen molar-refractivity contribution in [3.8, 4) is 23.7 Å². The molecule has 0 aromatic carbocycles. The molecule has 0 fully saturated rings. The van der Waals surface area contributed by atoms with Gasteiger partial charge in [0.25, 0.3) is 0 Å². The summed E-state index contributed by atoms with van der Waals surface area (Å²) < 4.78 is 0. The molecule has 0 saturated heterocycles. The third-order valence-corrected chi connectivity index (χ3v) is 2.74. The molecule has 0 aliphatic heterocycles. The van der Waals surface area contributed by atoms with Crippen LogP contribution in [0.4, 0.5) is 0 Å². The Labute approximate surface area is 127 Å². The predicted octanol–water partition coefficient (Wildman–Crippen LogP) is 3.30. The van der Waals surface area contributed by atoms with E-state index in [1.54, 1.807) is 0 Å². The summed E-state index contributed by atoms with van der Waals surface area (Å²) in [4.78, 5) is 10.3. The van der Waals surface area contributed by atoms with Crippen molar-refractivity contribution in [3.63, 3.8) is 0 Å². The quantitative estimate of drug-likeness (QED) is 0.368. The Hall–Kier alpha value is -1.97. The molecule has 0 amide bonds. The van der Waals surface area contributed by atoms with Crippen LogP contribution in [-0.4, -0.2) is 22.3 Å². The number of hydrogen-bond acceptors (Lipinski definition) is 2. The standard InChI is InChI=1S/C18H24O3/c1-2-17(19)15-13-11-9-7-5-3-4-6-8-10-12-14-16-18(20)21/h2-3,5,17,19H,1,4,6-8,10,12,14,16H2,(H,20,21)/t17-/m0/s1. The maximum absolute atomic E-state index is 10.3. The number of hydrogen-bond donors (Lipinski definition) is 2. The maximum atomic E-state index is 10.3. The second-order valence-corrected chi connectivity index (χ2v) is 4.63. The third-order valence-electron chi connectivity index (χ3n) is 2.74. The molecule has 0 rings (SSSR count). The molecule has 2 N–H and O–H groups in total. The van der Waals surface area contributed by atoms with Crippen molar-refractivity contribution in [2.75, 3.05) is 0 Å². The first kappa shape index (κ1) is 19.0. The van der Waals surface area contributed by atoms with E-state index in [1.807, 2.05) is 6.08 Å². The summed E-state index contributed by atoms with van der Waals surface area (Å²) in [5.74, 6) is 9.94. The summed E-state index contributed by atoms with van der Waals surface area (Å²) in [7, 11) is 0. The molecular formula is C18H24O3. The van der Waals surface area contributed by atoms with Crippen molar-refractivity contribution in [2.24, 2.45) is 0 Å². The molecule has 1 atom stereocenters. The highest BCUT2D eigenvalue weighted by atomic mass is 16.4. The van der Waals surface area contributed by atoms with E-state index >= 15 is 0 Å². The molecule has 21 heavy (non-hydrogen) atoms. The van der Waals surface area contributed by atoms with Crippen molar-refractivity contribution >= 4 is 5.97 Å². The number of aliphatic carboxylic acids is 1. The summed E-state index contributed by atoms with van der Waals surface area (Å²) in [6.07, 6.45) is 11.8. The van der Waals surface area contributed by atoms with Crippen LogP contribution in [0.3, 0.4) is 0 Å². The van der Waals surface area contributed by atoms with Crippen LogP contribution >= 0.6 is 0 Å². The van der Waals surface area contributed by atoms with E-state index in [4.69, 9.17) is 10.2 Å². The maximum Gasteiger partial charge on any atom is 0.303 e. The van der Waals surface area contributed by atoms with Crippen molar-refractivity contribution in [3.05, 3.63) is 24.8 Å². The van der Waals surface area contributed by atoms with Crippen LogP contribution in [-0.2, 0) is 4.79 Å². The highest BCUT2D eigenvalue weighted by Crippen LogP contribution is 2.07. The first-order chi connectivity index (χ1) is 10.2. The monoisotopic (exact) mass is 288 g/mol. The third kappa shape index (κ3) is 16.0. The van der Waals surface area contributed by atoms with Crippen molar-refractivity contribution in [1.82, 2.24) is 0 Å². The molecule has 3 heteroatoms. The lowest BCUT2D eigenvalue weighted by Crippen LogP contribution is -1.94. The zero-order chi connectivity index (χ0) is 15.8. The Morgan fingerprint density at radius 3 is 2.52 bits per heavy atom. The highest BCUT2D eigenvalue weighted by molar-refractivity contribution is 5.66. The molecular weight excluding hydrogens is 264 g/mol. The lowest BCUT2D eigenvalue weighted by molar-refractivity contribution is -0.137. The summed E-state index contributed by atoms with van der Waals surface area (Å²) >= 11 is 0. The fraction of sp³-hybridized carbons (Fsp3) is 0.500. The van der Waals surface area contributed by atoms with Crippen LogP contribution in [0, 0.1) is 23.7 Å². The first-order valence-corrected chi connectivity index (χ1v) is 7.32. The molecule has 0 bridgehead atoms. The smallest absolute Gasteiger partial charge is 0.303 e. The number of unbranched alkanes of at least 4 members (excludes halogenated alkanes) is 5. The van der Waals surface area contributed by atoms with Crippen molar-refractivity contribution in [1.29, 1.82) is 0 Å². The normalized spacial score (nSPS) is 11.1. The van der Waals surface area contributed by atoms with Gasteiger partial charge in [0.1, 0.15) is 6.10 Å². The van der Waals surface area contributed by atoms with E-state index in [9.17, 15) is 4.79 Å². The van der Waals surface area contributed by atoms with Gasteiger partial charge in [-0.2, -0.15) is 0 Å². The lowest BCUT2D eigenvalue weighted by atomic mass is 10.1. The largest absolute Gasteiger partial charge is 0.481 e. The van der Waals surface area contributed by atoms with Crippen molar-refractivity contribution < 1.29 is 15.0 Å². The fourth-order valence-electron chi connectivity index (χ4n) is 1.59. The summed E-state index contributed by atoms with van der Waals surface area (Å²) in [6, 6.07) is 0. The van der Waals surface area contributed by atoms with Crippen LogP contribution in [0.1, 0.15) is 51.4 Å². The second kappa shape index (κ2) is 14.4. The SMILES string of the molecule is C=C[C@H](O)C#CC#CCC=CCCCCCCCC(=O)O. The van der Waals surface area contributed by atoms with Gasteiger partial charge < -0.3 is 10.2 Å². The number of aliphatic hydroxyl groups excluding tert-OH is 1. The van der Waals surface area contributed by atoms with E-state index in [-0.39, 0.29) is 6.42 Å². The van der Waals surface area contributed by atoms with Crippen LogP contribution < -0.4 is 0 Å². The second-order valence-electron chi connectivity index (χ2n) is 4.63. The molecule has 3 nitrogen and oxygen atoms in total. The molecule has 0 aromatic rings. The van der Waals surface area contributed by atoms with Gasteiger partial charge in [-0.25, -0.2) is 0 Å². The van der Waals surface area contributed by atoms with Gasteiger partial charge in [0.05, 0.1) is 0 Å². The lowest BCUT2D eigenvalue weighted by Gasteiger charge is -1.97. The average molecular weight is 288 g/mol. The summed E-state index contributed by atoms with van der Waals surface area (Å²) in [5.41, 5.74) is 0. The molecule has 0 aliphatic carbocycles. The molecule has 0 spiro atoms. The van der Waals surface area contributed by atoms with Gasteiger partial charge in [-0.05, 0) is 31.1 Å². The molecule has 0 aromatic heterocycles. The van der Waals surface area contributed by atoms with E-state index in [1.165, 1.54) is 6.08 Å². The average Bonchev–Trinajstić information content (AvgIpc) is 2.46. The number of allylic oxidation sites excluding steroid dienone is 2. The first-order valence-electron chi connectivity index (χ1n) is 7.32. The van der Waals surface area contributed by atoms with Crippen LogP contribution in [0.2, 0.25) is 0 Å². The Bertz CT molecular complexity index is 441. The minimum atomic E-state index is -0.801. The Kier molecular flexibility index (Phi) is 13.1. The molecule has 0 aliphatic rings. The molecule has 0 saturated carbocycles. The number of aliphatic hydroxyl groups is 1. The fourth-order valence-corrected chi connectivity index (χ4v) is 1.59. The van der Waals surface area contributed by atoms with E-state index in [2.05, 4.69) is 36.3 Å². The van der Waals surface area contributed by atoms with Gasteiger partial charge in [-0.15, -0.1) is 0 Å². The molecule has 0 unspecified atom stereocenters.